The lowest BCUT2D eigenvalue weighted by molar-refractivity contribution is 0.0693. The van der Waals surface area contributed by atoms with Crippen LogP contribution in [0.5, 0.6) is 5.75 Å². The summed E-state index contributed by atoms with van der Waals surface area (Å²) in [4.78, 5) is 16.5. The predicted octanol–water partition coefficient (Wildman–Crippen LogP) is 4.15. The van der Waals surface area contributed by atoms with E-state index in [-0.39, 0.29) is 5.56 Å². The average molecular weight is 317 g/mol. The van der Waals surface area contributed by atoms with E-state index in [0.717, 1.165) is 14.6 Å². The van der Waals surface area contributed by atoms with Crippen LogP contribution in [0.1, 0.15) is 10.4 Å². The standard InChI is InChI=1S/C15H11NO3S2/c1-19-9-6-7-10(14(17)18)13(8-9)21-15-16-11-4-2-3-5-12(11)20-15/h2-8H,1H3,(H,17,18). The highest BCUT2D eigenvalue weighted by atomic mass is 32.2. The number of carboxylic acids is 1. The Kier molecular flexibility index (Phi) is 3.81. The zero-order valence-electron chi connectivity index (χ0n) is 11.1. The number of rotatable bonds is 4. The lowest BCUT2D eigenvalue weighted by Crippen LogP contribution is -1.99. The van der Waals surface area contributed by atoms with Crippen LogP contribution in [0.15, 0.2) is 51.7 Å². The molecule has 4 nitrogen and oxygen atoms in total. The molecule has 1 heterocycles. The Balaban J connectivity index is 2.01. The first kappa shape index (κ1) is 13.9. The van der Waals surface area contributed by atoms with Crippen molar-refractivity contribution < 1.29 is 14.6 Å². The van der Waals surface area contributed by atoms with Crippen LogP contribution >= 0.6 is 23.1 Å². The van der Waals surface area contributed by atoms with E-state index in [9.17, 15) is 9.90 Å². The van der Waals surface area contributed by atoms with E-state index < -0.39 is 5.97 Å². The van der Waals surface area contributed by atoms with Gasteiger partial charge in [0.05, 0.1) is 22.9 Å². The molecule has 0 bridgehead atoms. The van der Waals surface area contributed by atoms with Gasteiger partial charge in [-0.15, -0.1) is 11.3 Å². The van der Waals surface area contributed by atoms with Crippen molar-refractivity contribution in [3.8, 4) is 5.75 Å². The third-order valence-electron chi connectivity index (χ3n) is 2.89. The van der Waals surface area contributed by atoms with E-state index in [4.69, 9.17) is 4.74 Å². The van der Waals surface area contributed by atoms with Crippen molar-refractivity contribution in [1.82, 2.24) is 4.98 Å². The normalized spacial score (nSPS) is 10.7. The van der Waals surface area contributed by atoms with Gasteiger partial charge < -0.3 is 9.84 Å². The number of hydrogen-bond donors (Lipinski definition) is 1. The lowest BCUT2D eigenvalue weighted by atomic mass is 10.2. The second kappa shape index (κ2) is 5.75. The highest BCUT2D eigenvalue weighted by molar-refractivity contribution is 8.01. The molecule has 21 heavy (non-hydrogen) atoms. The summed E-state index contributed by atoms with van der Waals surface area (Å²) in [5.41, 5.74) is 1.17. The van der Waals surface area contributed by atoms with Gasteiger partial charge in [0.15, 0.2) is 4.34 Å². The van der Waals surface area contributed by atoms with E-state index in [0.29, 0.717) is 10.6 Å². The molecule has 0 saturated carbocycles. The van der Waals surface area contributed by atoms with Crippen molar-refractivity contribution in [2.24, 2.45) is 0 Å². The lowest BCUT2D eigenvalue weighted by Gasteiger charge is -2.06. The number of benzene rings is 2. The van der Waals surface area contributed by atoms with Gasteiger partial charge in [-0.2, -0.15) is 0 Å². The largest absolute Gasteiger partial charge is 0.497 e. The molecule has 1 aromatic heterocycles. The van der Waals surface area contributed by atoms with Gasteiger partial charge >= 0.3 is 5.97 Å². The molecule has 2 aromatic carbocycles. The Hall–Kier alpha value is -2.05. The van der Waals surface area contributed by atoms with Crippen molar-refractivity contribution >= 4 is 39.3 Å². The topological polar surface area (TPSA) is 59.4 Å². The van der Waals surface area contributed by atoms with Crippen LogP contribution in [0, 0.1) is 0 Å². The summed E-state index contributed by atoms with van der Waals surface area (Å²) in [6, 6.07) is 12.8. The van der Waals surface area contributed by atoms with Crippen molar-refractivity contribution in [2.45, 2.75) is 9.24 Å². The van der Waals surface area contributed by atoms with Gasteiger partial charge in [-0.25, -0.2) is 9.78 Å². The molecule has 3 aromatic rings. The van der Waals surface area contributed by atoms with Crippen LogP contribution in [-0.4, -0.2) is 23.2 Å². The van der Waals surface area contributed by atoms with Crippen LogP contribution in [0.3, 0.4) is 0 Å². The number of nitrogens with zero attached hydrogens (tertiary/aromatic N) is 1. The fourth-order valence-corrected chi connectivity index (χ4v) is 4.05. The minimum atomic E-state index is -0.957. The molecule has 1 N–H and O–H groups in total. The van der Waals surface area contributed by atoms with E-state index in [1.165, 1.54) is 11.8 Å². The molecule has 3 rings (SSSR count). The number of ether oxygens (including phenoxy) is 1. The van der Waals surface area contributed by atoms with Crippen molar-refractivity contribution in [3.05, 3.63) is 48.0 Å². The van der Waals surface area contributed by atoms with Gasteiger partial charge in [0.1, 0.15) is 5.75 Å². The number of aromatic nitrogens is 1. The summed E-state index contributed by atoms with van der Waals surface area (Å²) in [5, 5.41) is 9.28. The van der Waals surface area contributed by atoms with Gasteiger partial charge in [0, 0.05) is 4.90 Å². The molecule has 0 atom stereocenters. The number of carbonyl (C=O) groups is 1. The molecule has 0 aliphatic heterocycles. The SMILES string of the molecule is COc1ccc(C(=O)O)c(Sc2nc3ccccc3s2)c1. The molecule has 0 fully saturated rings. The second-order valence-electron chi connectivity index (χ2n) is 4.22. The maximum absolute atomic E-state index is 11.3. The monoisotopic (exact) mass is 317 g/mol. The van der Waals surface area contributed by atoms with Gasteiger partial charge in [0.25, 0.3) is 0 Å². The highest BCUT2D eigenvalue weighted by Crippen LogP contribution is 2.37. The molecule has 0 radical (unpaired) electrons. The first-order chi connectivity index (χ1) is 10.2. The quantitative estimate of drug-likeness (QED) is 0.783. The maximum atomic E-state index is 11.3. The number of hydrogen-bond acceptors (Lipinski definition) is 5. The number of thiazole rings is 1. The van der Waals surface area contributed by atoms with Crippen LogP contribution in [0.2, 0.25) is 0 Å². The van der Waals surface area contributed by atoms with E-state index in [1.807, 2.05) is 24.3 Å². The third kappa shape index (κ3) is 2.86. The number of fused-ring (bicyclic) bond motifs is 1. The fraction of sp³-hybridized carbons (Fsp3) is 0.0667. The first-order valence-electron chi connectivity index (χ1n) is 6.12. The molecular weight excluding hydrogens is 306 g/mol. The number of aromatic carboxylic acids is 1. The number of methoxy groups -OCH3 is 1. The Morgan fingerprint density at radius 1 is 1.29 bits per heavy atom. The molecule has 6 heteroatoms. The summed E-state index contributed by atoms with van der Waals surface area (Å²) >= 11 is 2.89. The Labute approximate surface area is 129 Å². The van der Waals surface area contributed by atoms with Crippen LogP contribution < -0.4 is 4.74 Å². The molecule has 0 spiro atoms. The van der Waals surface area contributed by atoms with Crippen molar-refractivity contribution in [3.63, 3.8) is 0 Å². The van der Waals surface area contributed by atoms with Crippen LogP contribution in [0.25, 0.3) is 10.2 Å². The summed E-state index contributed by atoms with van der Waals surface area (Å²) in [7, 11) is 1.56. The van der Waals surface area contributed by atoms with E-state index >= 15 is 0 Å². The molecule has 0 aliphatic rings. The van der Waals surface area contributed by atoms with Gasteiger partial charge in [-0.3, -0.25) is 0 Å². The number of para-hydroxylation sites is 1. The fourth-order valence-electron chi connectivity index (χ4n) is 1.88. The van der Waals surface area contributed by atoms with Gasteiger partial charge in [-0.05, 0) is 30.3 Å². The van der Waals surface area contributed by atoms with E-state index in [1.54, 1.807) is 36.6 Å². The summed E-state index contributed by atoms with van der Waals surface area (Å²) in [6.07, 6.45) is 0. The summed E-state index contributed by atoms with van der Waals surface area (Å²) in [6.45, 7) is 0. The summed E-state index contributed by atoms with van der Waals surface area (Å²) in [5.74, 6) is -0.329. The van der Waals surface area contributed by atoms with E-state index in [2.05, 4.69) is 4.98 Å². The van der Waals surface area contributed by atoms with Gasteiger partial charge in [0.2, 0.25) is 0 Å². The predicted molar refractivity (Wildman–Crippen MR) is 83.7 cm³/mol. The smallest absolute Gasteiger partial charge is 0.336 e. The van der Waals surface area contributed by atoms with Gasteiger partial charge in [-0.1, -0.05) is 23.9 Å². The highest BCUT2D eigenvalue weighted by Gasteiger charge is 2.14. The Morgan fingerprint density at radius 2 is 2.10 bits per heavy atom. The molecule has 0 aliphatic carbocycles. The third-order valence-corrected chi connectivity index (χ3v) is 5.05. The zero-order valence-corrected chi connectivity index (χ0v) is 12.7. The molecule has 0 unspecified atom stereocenters. The second-order valence-corrected chi connectivity index (χ2v) is 6.54. The zero-order chi connectivity index (χ0) is 14.8. The van der Waals surface area contributed by atoms with Crippen LogP contribution in [-0.2, 0) is 0 Å². The maximum Gasteiger partial charge on any atom is 0.336 e. The number of carboxylic acid groups (broad SMARTS) is 1. The molecule has 0 amide bonds. The minimum Gasteiger partial charge on any atom is -0.497 e. The first-order valence-corrected chi connectivity index (χ1v) is 7.75. The molecule has 106 valence electrons. The Bertz CT molecular complexity index is 781. The Morgan fingerprint density at radius 3 is 2.81 bits per heavy atom. The van der Waals surface area contributed by atoms with Crippen molar-refractivity contribution in [1.29, 1.82) is 0 Å². The minimum absolute atomic E-state index is 0.250. The summed E-state index contributed by atoms with van der Waals surface area (Å²) < 4.78 is 7.06. The molecular formula is C15H11NO3S2. The van der Waals surface area contributed by atoms with Crippen molar-refractivity contribution in [2.75, 3.05) is 7.11 Å². The molecule has 0 saturated heterocycles. The van der Waals surface area contributed by atoms with Crippen LogP contribution in [0.4, 0.5) is 0 Å². The average Bonchev–Trinajstić information content (AvgIpc) is 2.89.